The summed E-state index contributed by atoms with van der Waals surface area (Å²) in [7, 11) is 3.15. The molecule has 2 rings (SSSR count). The van der Waals surface area contributed by atoms with Crippen LogP contribution < -0.4 is 14.8 Å². The third kappa shape index (κ3) is 3.83. The predicted octanol–water partition coefficient (Wildman–Crippen LogP) is 3.00. The summed E-state index contributed by atoms with van der Waals surface area (Å²) >= 11 is 5.90. The van der Waals surface area contributed by atoms with E-state index in [4.69, 9.17) is 21.1 Å². The number of methoxy groups -OCH3 is 2. The molecular formula is C15H18ClN3O2. The van der Waals surface area contributed by atoms with Crippen LogP contribution in [0.2, 0.25) is 5.02 Å². The van der Waals surface area contributed by atoms with Crippen LogP contribution >= 0.6 is 11.6 Å². The maximum atomic E-state index is 5.90. The van der Waals surface area contributed by atoms with Crippen LogP contribution in [-0.2, 0) is 6.54 Å². The van der Waals surface area contributed by atoms with Gasteiger partial charge in [-0.25, -0.2) is 9.97 Å². The van der Waals surface area contributed by atoms with E-state index in [2.05, 4.69) is 22.2 Å². The summed E-state index contributed by atoms with van der Waals surface area (Å²) in [6.45, 7) is 2.61. The Balaban J connectivity index is 2.10. The van der Waals surface area contributed by atoms with Crippen LogP contribution in [0.4, 0.5) is 0 Å². The number of halogens is 1. The summed E-state index contributed by atoms with van der Waals surface area (Å²) in [5.41, 5.74) is 1.94. The van der Waals surface area contributed by atoms with E-state index in [1.54, 1.807) is 14.2 Å². The first kappa shape index (κ1) is 15.5. The van der Waals surface area contributed by atoms with Gasteiger partial charge in [-0.1, -0.05) is 23.7 Å². The molecule has 5 nitrogen and oxygen atoms in total. The molecule has 112 valence electrons. The Hall–Kier alpha value is -1.85. The van der Waals surface area contributed by atoms with E-state index in [0.29, 0.717) is 18.3 Å². The maximum Gasteiger partial charge on any atom is 0.224 e. The molecule has 1 aromatic carbocycles. The second-order valence-electron chi connectivity index (χ2n) is 4.52. The zero-order chi connectivity index (χ0) is 15.2. The van der Waals surface area contributed by atoms with Crippen molar-refractivity contribution < 1.29 is 9.47 Å². The Morgan fingerprint density at radius 2 is 1.67 bits per heavy atom. The van der Waals surface area contributed by atoms with Crippen LogP contribution in [-0.4, -0.2) is 24.2 Å². The fraction of sp³-hybridized carbons (Fsp3) is 0.333. The first-order valence-electron chi connectivity index (χ1n) is 6.56. The van der Waals surface area contributed by atoms with Crippen LogP contribution in [0.1, 0.15) is 24.1 Å². The molecule has 1 heterocycles. The smallest absolute Gasteiger partial charge is 0.224 e. The second-order valence-corrected chi connectivity index (χ2v) is 4.96. The monoisotopic (exact) mass is 307 g/mol. The molecular weight excluding hydrogens is 290 g/mol. The molecule has 6 heteroatoms. The summed E-state index contributed by atoms with van der Waals surface area (Å²) in [4.78, 5) is 8.19. The van der Waals surface area contributed by atoms with Crippen molar-refractivity contribution in [1.82, 2.24) is 15.3 Å². The quantitative estimate of drug-likeness (QED) is 0.889. The van der Waals surface area contributed by atoms with E-state index in [-0.39, 0.29) is 6.04 Å². The van der Waals surface area contributed by atoms with Crippen molar-refractivity contribution in [3.8, 4) is 11.8 Å². The molecule has 0 radical (unpaired) electrons. The van der Waals surface area contributed by atoms with Crippen molar-refractivity contribution in [2.24, 2.45) is 0 Å². The molecule has 0 aliphatic carbocycles. The van der Waals surface area contributed by atoms with E-state index >= 15 is 0 Å². The first-order chi connectivity index (χ1) is 10.2. The van der Waals surface area contributed by atoms with Gasteiger partial charge in [-0.05, 0) is 24.6 Å². The van der Waals surface area contributed by atoms with Gasteiger partial charge in [-0.2, -0.15) is 0 Å². The first-order valence-corrected chi connectivity index (χ1v) is 6.94. The molecule has 0 aliphatic rings. The van der Waals surface area contributed by atoms with Gasteiger partial charge in [-0.15, -0.1) is 0 Å². The average Bonchev–Trinajstić information content (AvgIpc) is 2.52. The van der Waals surface area contributed by atoms with Crippen molar-refractivity contribution in [2.45, 2.75) is 19.5 Å². The van der Waals surface area contributed by atoms with E-state index < -0.39 is 0 Å². The van der Waals surface area contributed by atoms with Gasteiger partial charge in [0, 0.05) is 17.6 Å². The fourth-order valence-corrected chi connectivity index (χ4v) is 2.13. The molecule has 0 aliphatic heterocycles. The van der Waals surface area contributed by atoms with Gasteiger partial charge in [0.2, 0.25) is 11.8 Å². The normalized spacial score (nSPS) is 12.0. The predicted molar refractivity (Wildman–Crippen MR) is 81.8 cm³/mol. The zero-order valence-corrected chi connectivity index (χ0v) is 13.0. The highest BCUT2D eigenvalue weighted by Crippen LogP contribution is 2.24. The molecule has 0 amide bonds. The number of benzene rings is 1. The number of rotatable bonds is 6. The van der Waals surface area contributed by atoms with Crippen LogP contribution in [0.25, 0.3) is 0 Å². The summed E-state index contributed by atoms with van der Waals surface area (Å²) < 4.78 is 10.5. The maximum absolute atomic E-state index is 5.90. The molecule has 1 atom stereocenters. The molecule has 0 saturated carbocycles. The van der Waals surface area contributed by atoms with Gasteiger partial charge < -0.3 is 14.8 Å². The SMILES string of the molecule is COc1ncnc(OC)c1CNC(C)c1ccc(Cl)cc1. The summed E-state index contributed by atoms with van der Waals surface area (Å²) in [6, 6.07) is 7.90. The van der Waals surface area contributed by atoms with E-state index in [0.717, 1.165) is 16.1 Å². The van der Waals surface area contributed by atoms with Crippen molar-refractivity contribution in [2.75, 3.05) is 14.2 Å². The van der Waals surface area contributed by atoms with Gasteiger partial charge >= 0.3 is 0 Å². The Kier molecular flexibility index (Phi) is 5.36. The average molecular weight is 308 g/mol. The lowest BCUT2D eigenvalue weighted by Crippen LogP contribution is -2.19. The Bertz CT molecular complexity index is 568. The van der Waals surface area contributed by atoms with Crippen LogP contribution in [0, 0.1) is 0 Å². The lowest BCUT2D eigenvalue weighted by atomic mass is 10.1. The molecule has 0 bridgehead atoms. The second kappa shape index (κ2) is 7.24. The molecule has 0 saturated heterocycles. The van der Waals surface area contributed by atoms with E-state index in [1.807, 2.05) is 24.3 Å². The van der Waals surface area contributed by atoms with Crippen molar-refractivity contribution in [3.63, 3.8) is 0 Å². The Labute approximate surface area is 129 Å². The molecule has 0 spiro atoms. The number of aromatic nitrogens is 2. The Morgan fingerprint density at radius 3 is 2.19 bits per heavy atom. The number of nitrogens with zero attached hydrogens (tertiary/aromatic N) is 2. The fourth-order valence-electron chi connectivity index (χ4n) is 2.01. The highest BCUT2D eigenvalue weighted by Gasteiger charge is 2.14. The number of ether oxygens (including phenoxy) is 2. The van der Waals surface area contributed by atoms with Gasteiger partial charge in [0.25, 0.3) is 0 Å². The third-order valence-electron chi connectivity index (χ3n) is 3.21. The summed E-state index contributed by atoms with van der Waals surface area (Å²) in [5, 5.41) is 4.13. The van der Waals surface area contributed by atoms with Crippen molar-refractivity contribution in [3.05, 3.63) is 46.7 Å². The molecule has 0 fully saturated rings. The number of nitrogens with one attached hydrogen (secondary N) is 1. The standard InChI is InChI=1S/C15H18ClN3O2/c1-10(11-4-6-12(16)7-5-11)17-8-13-14(20-2)18-9-19-15(13)21-3/h4-7,9-10,17H,8H2,1-3H3. The molecule has 1 N–H and O–H groups in total. The minimum absolute atomic E-state index is 0.150. The van der Waals surface area contributed by atoms with Crippen LogP contribution in [0.15, 0.2) is 30.6 Å². The van der Waals surface area contributed by atoms with Crippen molar-refractivity contribution >= 4 is 11.6 Å². The minimum Gasteiger partial charge on any atom is -0.481 e. The third-order valence-corrected chi connectivity index (χ3v) is 3.46. The van der Waals surface area contributed by atoms with Gasteiger partial charge in [0.15, 0.2) is 0 Å². The van der Waals surface area contributed by atoms with Gasteiger partial charge in [0.1, 0.15) is 6.33 Å². The molecule has 1 aromatic heterocycles. The minimum atomic E-state index is 0.150. The highest BCUT2D eigenvalue weighted by molar-refractivity contribution is 6.30. The number of hydrogen-bond donors (Lipinski definition) is 1. The topological polar surface area (TPSA) is 56.3 Å². The Morgan fingerprint density at radius 1 is 1.10 bits per heavy atom. The molecule has 21 heavy (non-hydrogen) atoms. The lowest BCUT2D eigenvalue weighted by Gasteiger charge is -2.16. The van der Waals surface area contributed by atoms with Crippen LogP contribution in [0.3, 0.4) is 0 Å². The lowest BCUT2D eigenvalue weighted by molar-refractivity contribution is 0.357. The van der Waals surface area contributed by atoms with E-state index in [9.17, 15) is 0 Å². The summed E-state index contributed by atoms with van der Waals surface area (Å²) in [5.74, 6) is 1.02. The zero-order valence-electron chi connectivity index (χ0n) is 12.3. The van der Waals surface area contributed by atoms with E-state index in [1.165, 1.54) is 6.33 Å². The molecule has 1 unspecified atom stereocenters. The summed E-state index contributed by atoms with van der Waals surface area (Å²) in [6.07, 6.45) is 1.42. The largest absolute Gasteiger partial charge is 0.481 e. The van der Waals surface area contributed by atoms with Crippen LogP contribution in [0.5, 0.6) is 11.8 Å². The van der Waals surface area contributed by atoms with Gasteiger partial charge in [-0.3, -0.25) is 0 Å². The molecule has 2 aromatic rings. The van der Waals surface area contributed by atoms with Crippen molar-refractivity contribution in [1.29, 1.82) is 0 Å². The number of hydrogen-bond acceptors (Lipinski definition) is 5. The highest BCUT2D eigenvalue weighted by atomic mass is 35.5. The van der Waals surface area contributed by atoms with Gasteiger partial charge in [0.05, 0.1) is 19.8 Å².